The van der Waals surface area contributed by atoms with E-state index in [4.69, 9.17) is 11.6 Å². The van der Waals surface area contributed by atoms with Gasteiger partial charge in [0.1, 0.15) is 11.4 Å². The van der Waals surface area contributed by atoms with Crippen molar-refractivity contribution in [2.75, 3.05) is 26.2 Å². The van der Waals surface area contributed by atoms with Gasteiger partial charge in [-0.25, -0.2) is 8.42 Å². The normalized spacial score (nSPS) is 16.2. The van der Waals surface area contributed by atoms with Gasteiger partial charge >= 0.3 is 0 Å². The summed E-state index contributed by atoms with van der Waals surface area (Å²) in [6.07, 6.45) is 2.80. The lowest BCUT2D eigenvalue weighted by Crippen LogP contribution is -2.51. The average molecular weight is 401 g/mol. The Bertz CT molecular complexity index is 927. The zero-order valence-corrected chi connectivity index (χ0v) is 16.5. The van der Waals surface area contributed by atoms with Crippen molar-refractivity contribution in [2.24, 2.45) is 7.05 Å². The Balaban J connectivity index is 1.63. The summed E-state index contributed by atoms with van der Waals surface area (Å²) in [6.45, 7) is 4.87. The first-order valence-electron chi connectivity index (χ1n) is 8.16. The number of aromatic nitrogens is 4. The molecule has 2 aromatic rings. The molecule has 0 unspecified atom stereocenters. The van der Waals surface area contributed by atoms with Crippen molar-refractivity contribution >= 4 is 27.5 Å². The minimum absolute atomic E-state index is 0.0920. The van der Waals surface area contributed by atoms with E-state index in [2.05, 4.69) is 10.2 Å². The molecule has 1 fully saturated rings. The van der Waals surface area contributed by atoms with Crippen molar-refractivity contribution in [2.45, 2.75) is 25.3 Å². The second-order valence-corrected chi connectivity index (χ2v) is 8.59. The van der Waals surface area contributed by atoms with Crippen molar-refractivity contribution in [1.29, 1.82) is 0 Å². The van der Waals surface area contributed by atoms with Crippen LogP contribution >= 0.6 is 11.6 Å². The van der Waals surface area contributed by atoms with Gasteiger partial charge in [0.2, 0.25) is 15.9 Å². The van der Waals surface area contributed by atoms with E-state index in [0.29, 0.717) is 23.8 Å². The minimum Gasteiger partial charge on any atom is -0.338 e. The fourth-order valence-corrected chi connectivity index (χ4v) is 4.46. The summed E-state index contributed by atoms with van der Waals surface area (Å²) in [5.41, 5.74) is 1.43. The highest BCUT2D eigenvalue weighted by molar-refractivity contribution is 7.89. The molecule has 3 rings (SSSR count). The molecule has 1 aliphatic heterocycles. The summed E-state index contributed by atoms with van der Waals surface area (Å²) in [4.78, 5) is 14.3. The molecule has 3 heterocycles. The molecule has 1 saturated heterocycles. The Morgan fingerprint density at radius 1 is 1.23 bits per heavy atom. The lowest BCUT2D eigenvalue weighted by Gasteiger charge is -2.33. The molecular formula is C15H21ClN6O3S. The predicted molar refractivity (Wildman–Crippen MR) is 95.3 cm³/mol. The lowest BCUT2D eigenvalue weighted by molar-refractivity contribution is -0.133. The molecule has 0 spiro atoms. The van der Waals surface area contributed by atoms with Gasteiger partial charge in [-0.05, 0) is 13.8 Å². The summed E-state index contributed by atoms with van der Waals surface area (Å²) in [5.74, 6) is -0.106. The number of hydrogen-bond donors (Lipinski definition) is 0. The molecule has 9 nitrogen and oxygen atoms in total. The van der Waals surface area contributed by atoms with Gasteiger partial charge in [0.25, 0.3) is 0 Å². The Hall–Kier alpha value is -1.91. The SMILES string of the molecule is Cc1nn(CC(=O)N2CCN(S(=O)(=O)c3cnn(C)c3)CC2)c(C)c1Cl. The summed E-state index contributed by atoms with van der Waals surface area (Å²) in [6, 6.07) is 0. The van der Waals surface area contributed by atoms with E-state index < -0.39 is 10.0 Å². The highest BCUT2D eigenvalue weighted by atomic mass is 35.5. The second kappa shape index (κ2) is 7.01. The number of amides is 1. The van der Waals surface area contributed by atoms with Crippen molar-refractivity contribution in [3.05, 3.63) is 28.8 Å². The number of piperazine rings is 1. The number of hydrogen-bond acceptors (Lipinski definition) is 5. The van der Waals surface area contributed by atoms with Gasteiger partial charge in [0.15, 0.2) is 0 Å². The highest BCUT2D eigenvalue weighted by Crippen LogP contribution is 2.20. The molecule has 0 N–H and O–H groups in total. The molecule has 0 atom stereocenters. The Kier molecular flexibility index (Phi) is 5.09. The van der Waals surface area contributed by atoms with Gasteiger partial charge in [-0.15, -0.1) is 0 Å². The van der Waals surface area contributed by atoms with Gasteiger partial charge in [0, 0.05) is 39.4 Å². The quantitative estimate of drug-likeness (QED) is 0.741. The van der Waals surface area contributed by atoms with Crippen molar-refractivity contribution in [1.82, 2.24) is 28.8 Å². The predicted octanol–water partition coefficient (Wildman–Crippen LogP) is 0.420. The molecule has 0 aromatic carbocycles. The van der Waals surface area contributed by atoms with E-state index in [1.54, 1.807) is 23.6 Å². The smallest absolute Gasteiger partial charge is 0.246 e. The van der Waals surface area contributed by atoms with E-state index >= 15 is 0 Å². The van der Waals surface area contributed by atoms with Crippen LogP contribution in [0.3, 0.4) is 0 Å². The number of nitrogens with zero attached hydrogens (tertiary/aromatic N) is 6. The molecule has 0 saturated carbocycles. The Labute approximate surface area is 157 Å². The zero-order valence-electron chi connectivity index (χ0n) is 14.9. The van der Waals surface area contributed by atoms with E-state index in [0.717, 1.165) is 5.69 Å². The summed E-state index contributed by atoms with van der Waals surface area (Å²) in [7, 11) is -1.91. The maximum Gasteiger partial charge on any atom is 0.246 e. The maximum absolute atomic E-state index is 12.6. The third-order valence-electron chi connectivity index (χ3n) is 4.49. The van der Waals surface area contributed by atoms with Crippen LogP contribution in [0.1, 0.15) is 11.4 Å². The number of carbonyl (C=O) groups excluding carboxylic acids is 1. The van der Waals surface area contributed by atoms with E-state index in [1.807, 2.05) is 6.92 Å². The van der Waals surface area contributed by atoms with Crippen molar-refractivity contribution in [3.8, 4) is 0 Å². The zero-order chi connectivity index (χ0) is 19.1. The molecule has 0 radical (unpaired) electrons. The third kappa shape index (κ3) is 3.49. The summed E-state index contributed by atoms with van der Waals surface area (Å²) in [5, 5.41) is 8.73. The summed E-state index contributed by atoms with van der Waals surface area (Å²) < 4.78 is 29.6. The fourth-order valence-electron chi connectivity index (χ4n) is 2.92. The van der Waals surface area contributed by atoms with Gasteiger partial charge in [-0.2, -0.15) is 14.5 Å². The number of halogens is 1. The van der Waals surface area contributed by atoms with Crippen molar-refractivity contribution < 1.29 is 13.2 Å². The Morgan fingerprint density at radius 3 is 2.38 bits per heavy atom. The fraction of sp³-hybridized carbons (Fsp3) is 0.533. The van der Waals surface area contributed by atoms with E-state index in [1.165, 1.54) is 21.4 Å². The minimum atomic E-state index is -3.58. The molecule has 2 aromatic heterocycles. The van der Waals surface area contributed by atoms with Crippen LogP contribution in [-0.2, 0) is 28.4 Å². The van der Waals surface area contributed by atoms with Crippen LogP contribution in [0.5, 0.6) is 0 Å². The molecule has 0 bridgehead atoms. The molecule has 26 heavy (non-hydrogen) atoms. The standard InChI is InChI=1S/C15H21ClN6O3S/c1-11-15(16)12(2)22(18-11)10-14(23)20-4-6-21(7-5-20)26(24,25)13-8-17-19(3)9-13/h8-9H,4-7,10H2,1-3H3. The Morgan fingerprint density at radius 2 is 1.88 bits per heavy atom. The van der Waals surface area contributed by atoms with Gasteiger partial charge in [-0.1, -0.05) is 11.6 Å². The van der Waals surface area contributed by atoms with Crippen LogP contribution in [0.2, 0.25) is 5.02 Å². The monoisotopic (exact) mass is 400 g/mol. The van der Waals surface area contributed by atoms with Crippen LogP contribution < -0.4 is 0 Å². The number of aryl methyl sites for hydroxylation is 2. The second-order valence-electron chi connectivity index (χ2n) is 6.28. The first-order chi connectivity index (χ1) is 12.2. The van der Waals surface area contributed by atoms with Crippen LogP contribution in [0.4, 0.5) is 0 Å². The van der Waals surface area contributed by atoms with E-state index in [-0.39, 0.29) is 30.4 Å². The number of sulfonamides is 1. The van der Waals surface area contributed by atoms with E-state index in [9.17, 15) is 13.2 Å². The molecule has 142 valence electrons. The van der Waals surface area contributed by atoms with Crippen LogP contribution in [0.25, 0.3) is 0 Å². The number of carbonyl (C=O) groups is 1. The van der Waals surface area contributed by atoms with Crippen LogP contribution in [0, 0.1) is 13.8 Å². The maximum atomic E-state index is 12.6. The molecule has 1 amide bonds. The topological polar surface area (TPSA) is 93.3 Å². The first-order valence-corrected chi connectivity index (χ1v) is 9.98. The highest BCUT2D eigenvalue weighted by Gasteiger charge is 2.31. The van der Waals surface area contributed by atoms with Gasteiger partial charge in [-0.3, -0.25) is 14.2 Å². The first kappa shape index (κ1) is 18.9. The largest absolute Gasteiger partial charge is 0.338 e. The van der Waals surface area contributed by atoms with Crippen LogP contribution in [-0.4, -0.2) is 69.3 Å². The number of rotatable bonds is 4. The van der Waals surface area contributed by atoms with Gasteiger partial charge in [0.05, 0.1) is 22.6 Å². The third-order valence-corrected chi connectivity index (χ3v) is 6.89. The molecule has 0 aliphatic carbocycles. The lowest BCUT2D eigenvalue weighted by atomic mass is 10.3. The molecule has 11 heteroatoms. The molecular weight excluding hydrogens is 380 g/mol. The van der Waals surface area contributed by atoms with Gasteiger partial charge < -0.3 is 4.90 Å². The summed E-state index contributed by atoms with van der Waals surface area (Å²) >= 11 is 6.11. The average Bonchev–Trinajstić information content (AvgIpc) is 3.15. The molecule has 1 aliphatic rings. The van der Waals surface area contributed by atoms with Crippen molar-refractivity contribution in [3.63, 3.8) is 0 Å². The van der Waals surface area contributed by atoms with Crippen LogP contribution in [0.15, 0.2) is 17.3 Å².